The van der Waals surface area contributed by atoms with E-state index < -0.39 is 10.0 Å². The minimum atomic E-state index is -3.25. The van der Waals surface area contributed by atoms with Crippen LogP contribution in [0.4, 0.5) is 5.69 Å². The van der Waals surface area contributed by atoms with Crippen LogP contribution >= 0.6 is 0 Å². The van der Waals surface area contributed by atoms with Gasteiger partial charge in [-0.05, 0) is 18.1 Å². The smallest absolute Gasteiger partial charge is 0.232 e. The molecule has 0 fully saturated rings. The lowest BCUT2D eigenvalue weighted by atomic mass is 10.1. The third-order valence-electron chi connectivity index (χ3n) is 2.60. The van der Waals surface area contributed by atoms with Crippen molar-refractivity contribution in [2.75, 3.05) is 17.1 Å². The number of benzene rings is 1. The molecule has 1 aromatic rings. The topological polar surface area (TPSA) is 63.4 Å². The van der Waals surface area contributed by atoms with Crippen LogP contribution in [0.3, 0.4) is 0 Å². The monoisotopic (exact) mass is 256 g/mol. The molecule has 2 N–H and O–H groups in total. The fourth-order valence-electron chi connectivity index (χ4n) is 1.69. The number of rotatable bonds is 6. The minimum absolute atomic E-state index is 0.342. The number of hydrogen-bond donors (Lipinski definition) is 1. The molecule has 96 valence electrons. The van der Waals surface area contributed by atoms with Gasteiger partial charge in [0.2, 0.25) is 10.0 Å². The highest BCUT2D eigenvalue weighted by Gasteiger charge is 2.18. The number of sulfonamides is 1. The van der Waals surface area contributed by atoms with E-state index in [9.17, 15) is 8.42 Å². The summed E-state index contributed by atoms with van der Waals surface area (Å²) in [5.74, 6) is 0. The molecule has 17 heavy (non-hydrogen) atoms. The molecule has 0 aliphatic rings. The van der Waals surface area contributed by atoms with Crippen LogP contribution in [-0.2, 0) is 16.6 Å². The van der Waals surface area contributed by atoms with E-state index in [1.165, 1.54) is 10.6 Å². The lowest BCUT2D eigenvalue weighted by molar-refractivity contribution is 0.594. The fourth-order valence-corrected chi connectivity index (χ4v) is 2.69. The molecule has 0 radical (unpaired) electrons. The van der Waals surface area contributed by atoms with Gasteiger partial charge in [0.25, 0.3) is 0 Å². The second kappa shape index (κ2) is 6.02. The van der Waals surface area contributed by atoms with Crippen molar-refractivity contribution < 1.29 is 8.42 Å². The van der Waals surface area contributed by atoms with Gasteiger partial charge < -0.3 is 5.73 Å². The van der Waals surface area contributed by atoms with Crippen molar-refractivity contribution in [3.8, 4) is 0 Å². The van der Waals surface area contributed by atoms with Crippen LogP contribution in [0.2, 0.25) is 0 Å². The van der Waals surface area contributed by atoms with Gasteiger partial charge in [-0.3, -0.25) is 4.31 Å². The van der Waals surface area contributed by atoms with E-state index in [0.717, 1.165) is 18.4 Å². The van der Waals surface area contributed by atoms with Crippen molar-refractivity contribution in [2.45, 2.75) is 26.3 Å². The summed E-state index contributed by atoms with van der Waals surface area (Å²) >= 11 is 0. The summed E-state index contributed by atoms with van der Waals surface area (Å²) in [5, 5.41) is 0. The van der Waals surface area contributed by atoms with Crippen LogP contribution in [-0.4, -0.2) is 21.2 Å². The van der Waals surface area contributed by atoms with Crippen LogP contribution < -0.4 is 10.0 Å². The van der Waals surface area contributed by atoms with E-state index in [-0.39, 0.29) is 0 Å². The highest BCUT2D eigenvalue weighted by molar-refractivity contribution is 7.92. The zero-order valence-electron chi connectivity index (χ0n) is 10.4. The predicted molar refractivity (Wildman–Crippen MR) is 71.4 cm³/mol. The first-order chi connectivity index (χ1) is 8.00. The molecule has 0 atom stereocenters. The fraction of sp³-hybridized carbons (Fsp3) is 0.500. The van der Waals surface area contributed by atoms with E-state index in [2.05, 4.69) is 0 Å². The highest BCUT2D eigenvalue weighted by atomic mass is 32.2. The Balaban J connectivity index is 3.13. The molecular formula is C12H20N2O2S. The molecular weight excluding hydrogens is 236 g/mol. The summed E-state index contributed by atoms with van der Waals surface area (Å²) in [4.78, 5) is 0. The highest BCUT2D eigenvalue weighted by Crippen LogP contribution is 2.22. The molecule has 4 nitrogen and oxygen atoms in total. The maximum absolute atomic E-state index is 11.8. The Kier molecular flexibility index (Phi) is 4.96. The summed E-state index contributed by atoms with van der Waals surface area (Å²) < 4.78 is 25.0. The van der Waals surface area contributed by atoms with Crippen LogP contribution in [0.15, 0.2) is 24.3 Å². The maximum Gasteiger partial charge on any atom is 0.232 e. The third kappa shape index (κ3) is 3.71. The molecule has 0 aliphatic heterocycles. The Hall–Kier alpha value is -1.07. The van der Waals surface area contributed by atoms with Crippen molar-refractivity contribution in [1.82, 2.24) is 0 Å². The van der Waals surface area contributed by atoms with Crippen LogP contribution in [0.5, 0.6) is 0 Å². The zero-order valence-corrected chi connectivity index (χ0v) is 11.2. The largest absolute Gasteiger partial charge is 0.326 e. The van der Waals surface area contributed by atoms with Crippen molar-refractivity contribution in [3.63, 3.8) is 0 Å². The second-order valence-electron chi connectivity index (χ2n) is 4.02. The van der Waals surface area contributed by atoms with E-state index in [1.807, 2.05) is 25.1 Å². The van der Waals surface area contributed by atoms with Crippen LogP contribution in [0.25, 0.3) is 0 Å². The second-order valence-corrected chi connectivity index (χ2v) is 5.93. The summed E-state index contributed by atoms with van der Waals surface area (Å²) in [6.07, 6.45) is 3.03. The van der Waals surface area contributed by atoms with E-state index in [1.54, 1.807) is 6.07 Å². The Morgan fingerprint density at radius 3 is 2.47 bits per heavy atom. The molecule has 0 bridgehead atoms. The molecule has 5 heteroatoms. The van der Waals surface area contributed by atoms with Gasteiger partial charge >= 0.3 is 0 Å². The molecule has 0 amide bonds. The minimum Gasteiger partial charge on any atom is -0.326 e. The number of anilines is 1. The number of hydrogen-bond acceptors (Lipinski definition) is 3. The molecule has 0 unspecified atom stereocenters. The number of nitrogens with zero attached hydrogens (tertiary/aromatic N) is 1. The first-order valence-electron chi connectivity index (χ1n) is 5.76. The summed E-state index contributed by atoms with van der Waals surface area (Å²) in [7, 11) is -3.25. The Bertz CT molecular complexity index is 457. The van der Waals surface area contributed by atoms with Crippen LogP contribution in [0.1, 0.15) is 25.3 Å². The Morgan fingerprint density at radius 2 is 1.94 bits per heavy atom. The molecule has 1 rings (SSSR count). The average Bonchev–Trinajstić information content (AvgIpc) is 2.28. The maximum atomic E-state index is 11.8. The van der Waals surface area contributed by atoms with Gasteiger partial charge in [0.1, 0.15) is 0 Å². The van der Waals surface area contributed by atoms with Crippen molar-refractivity contribution in [2.24, 2.45) is 5.73 Å². The lowest BCUT2D eigenvalue weighted by Gasteiger charge is -2.24. The number of unbranched alkanes of at least 4 members (excludes halogenated alkanes) is 1. The van der Waals surface area contributed by atoms with Crippen LogP contribution in [0, 0.1) is 0 Å². The third-order valence-corrected chi connectivity index (χ3v) is 3.78. The molecule has 0 heterocycles. The number of para-hydroxylation sites is 1. The molecule has 0 spiro atoms. The quantitative estimate of drug-likeness (QED) is 0.842. The zero-order chi connectivity index (χ0) is 12.9. The van der Waals surface area contributed by atoms with Gasteiger partial charge in [-0.2, -0.15) is 0 Å². The van der Waals surface area contributed by atoms with Gasteiger partial charge in [-0.15, -0.1) is 0 Å². The van der Waals surface area contributed by atoms with E-state index in [4.69, 9.17) is 5.73 Å². The van der Waals surface area contributed by atoms with Gasteiger partial charge in [0.15, 0.2) is 0 Å². The normalized spacial score (nSPS) is 11.5. The van der Waals surface area contributed by atoms with Gasteiger partial charge in [0.05, 0.1) is 11.9 Å². The lowest BCUT2D eigenvalue weighted by Crippen LogP contribution is -2.31. The van der Waals surface area contributed by atoms with Crippen molar-refractivity contribution in [1.29, 1.82) is 0 Å². The summed E-state index contributed by atoms with van der Waals surface area (Å²) in [5.41, 5.74) is 7.19. The van der Waals surface area contributed by atoms with Gasteiger partial charge in [-0.25, -0.2) is 8.42 Å². The molecule has 0 aromatic heterocycles. The van der Waals surface area contributed by atoms with Crippen molar-refractivity contribution >= 4 is 15.7 Å². The predicted octanol–water partition coefficient (Wildman–Crippen LogP) is 1.71. The SMILES string of the molecule is CCCCN(c1ccccc1CN)S(C)(=O)=O. The first kappa shape index (κ1) is 14.0. The standard InChI is InChI=1S/C12H20N2O2S/c1-3-4-9-14(17(2,15)16)12-8-6-5-7-11(12)10-13/h5-8H,3-4,9-10,13H2,1-2H3. The van der Waals surface area contributed by atoms with Gasteiger partial charge in [-0.1, -0.05) is 31.5 Å². The first-order valence-corrected chi connectivity index (χ1v) is 7.61. The van der Waals surface area contributed by atoms with E-state index in [0.29, 0.717) is 18.8 Å². The summed E-state index contributed by atoms with van der Waals surface area (Å²) in [6.45, 7) is 2.88. The van der Waals surface area contributed by atoms with Crippen molar-refractivity contribution in [3.05, 3.63) is 29.8 Å². The molecule has 0 saturated carbocycles. The van der Waals surface area contributed by atoms with E-state index >= 15 is 0 Å². The van der Waals surface area contributed by atoms with Gasteiger partial charge in [0, 0.05) is 13.1 Å². The summed E-state index contributed by atoms with van der Waals surface area (Å²) in [6, 6.07) is 7.36. The number of nitrogens with two attached hydrogens (primary N) is 1. The molecule has 1 aromatic carbocycles. The molecule has 0 aliphatic carbocycles. The Morgan fingerprint density at radius 1 is 1.29 bits per heavy atom. The average molecular weight is 256 g/mol. The Labute approximate surface area is 103 Å². The molecule has 0 saturated heterocycles.